The molecule has 0 aliphatic rings. The van der Waals surface area contributed by atoms with Crippen LogP contribution >= 0.6 is 15.9 Å². The lowest BCUT2D eigenvalue weighted by atomic mass is 10.1. The fraction of sp³-hybridized carbons (Fsp3) is 0.0833. The summed E-state index contributed by atoms with van der Waals surface area (Å²) in [4.78, 5) is 15.6. The zero-order valence-corrected chi connectivity index (χ0v) is 17.6. The van der Waals surface area contributed by atoms with Crippen LogP contribution in [0.1, 0.15) is 11.3 Å². The molecule has 4 aromatic rings. The smallest absolute Gasteiger partial charge is 0.262 e. The highest BCUT2D eigenvalue weighted by molar-refractivity contribution is 9.10. The summed E-state index contributed by atoms with van der Waals surface area (Å²) >= 11 is 3.40. The number of furan rings is 1. The molecular weight excluding hydrogens is 442 g/mol. The maximum atomic E-state index is 12.4. The van der Waals surface area contributed by atoms with Crippen molar-refractivity contribution in [1.29, 1.82) is 5.26 Å². The number of H-pyrrole nitrogens is 1. The highest BCUT2D eigenvalue weighted by Gasteiger charge is 2.11. The molecule has 0 spiro atoms. The maximum Gasteiger partial charge on any atom is 0.262 e. The van der Waals surface area contributed by atoms with E-state index >= 15 is 0 Å². The van der Waals surface area contributed by atoms with Gasteiger partial charge in [0.25, 0.3) is 5.91 Å². The Morgan fingerprint density at radius 3 is 2.73 bits per heavy atom. The van der Waals surface area contributed by atoms with E-state index in [0.29, 0.717) is 24.5 Å². The highest BCUT2D eigenvalue weighted by Crippen LogP contribution is 2.25. The Labute approximate surface area is 182 Å². The molecule has 5 nitrogen and oxygen atoms in total. The number of hydrogen-bond donors (Lipinski definition) is 2. The number of aromatic amines is 1. The molecule has 0 atom stereocenters. The first kappa shape index (κ1) is 19.7. The Hall–Kier alpha value is -3.56. The Morgan fingerprint density at radius 1 is 1.13 bits per heavy atom. The Kier molecular flexibility index (Phi) is 5.82. The van der Waals surface area contributed by atoms with Crippen molar-refractivity contribution in [3.8, 4) is 17.4 Å². The molecular formula is C24H18BrN3O2. The predicted octanol–water partition coefficient (Wildman–Crippen LogP) is 5.46. The molecule has 2 N–H and O–H groups in total. The summed E-state index contributed by atoms with van der Waals surface area (Å²) in [7, 11) is 0. The van der Waals surface area contributed by atoms with Gasteiger partial charge in [0.05, 0.1) is 0 Å². The zero-order valence-electron chi connectivity index (χ0n) is 16.0. The van der Waals surface area contributed by atoms with Gasteiger partial charge in [0, 0.05) is 39.8 Å². The van der Waals surface area contributed by atoms with Crippen molar-refractivity contribution >= 4 is 38.8 Å². The number of nitriles is 1. The second-order valence-electron chi connectivity index (χ2n) is 6.74. The molecule has 1 amide bonds. The lowest BCUT2D eigenvalue weighted by Crippen LogP contribution is -2.26. The van der Waals surface area contributed by atoms with Gasteiger partial charge in [0.1, 0.15) is 23.2 Å². The number of para-hydroxylation sites is 1. The van der Waals surface area contributed by atoms with Crippen LogP contribution < -0.4 is 5.32 Å². The largest absolute Gasteiger partial charge is 0.457 e. The van der Waals surface area contributed by atoms with E-state index in [-0.39, 0.29) is 5.57 Å². The number of amides is 1. The molecule has 0 aliphatic carbocycles. The summed E-state index contributed by atoms with van der Waals surface area (Å²) in [5.74, 6) is 0.709. The van der Waals surface area contributed by atoms with Gasteiger partial charge < -0.3 is 14.7 Å². The highest BCUT2D eigenvalue weighted by atomic mass is 79.9. The summed E-state index contributed by atoms with van der Waals surface area (Å²) in [6.07, 6.45) is 4.08. The second kappa shape index (κ2) is 8.85. The minimum Gasteiger partial charge on any atom is -0.457 e. The molecule has 6 heteroatoms. The van der Waals surface area contributed by atoms with E-state index in [1.165, 1.54) is 6.08 Å². The van der Waals surface area contributed by atoms with Gasteiger partial charge in [-0.25, -0.2) is 0 Å². The third-order valence-corrected chi connectivity index (χ3v) is 5.29. The normalized spacial score (nSPS) is 11.4. The molecule has 0 fully saturated rings. The summed E-state index contributed by atoms with van der Waals surface area (Å²) in [6, 6.07) is 21.3. The number of hydrogen-bond acceptors (Lipinski definition) is 3. The van der Waals surface area contributed by atoms with E-state index < -0.39 is 5.91 Å². The van der Waals surface area contributed by atoms with E-state index in [1.54, 1.807) is 6.07 Å². The number of fused-ring (bicyclic) bond motifs is 1. The number of aromatic nitrogens is 1. The predicted molar refractivity (Wildman–Crippen MR) is 120 cm³/mol. The number of nitrogens with zero attached hydrogens (tertiary/aromatic N) is 1. The van der Waals surface area contributed by atoms with E-state index in [9.17, 15) is 10.1 Å². The summed E-state index contributed by atoms with van der Waals surface area (Å²) in [6.45, 7) is 0.433. The van der Waals surface area contributed by atoms with Crippen LogP contribution in [0.2, 0.25) is 0 Å². The van der Waals surface area contributed by atoms with Crippen molar-refractivity contribution in [1.82, 2.24) is 10.3 Å². The molecule has 2 aromatic carbocycles. The van der Waals surface area contributed by atoms with Crippen LogP contribution in [0.25, 0.3) is 28.3 Å². The van der Waals surface area contributed by atoms with Crippen LogP contribution in [0, 0.1) is 11.3 Å². The molecule has 2 aromatic heterocycles. The van der Waals surface area contributed by atoms with Crippen LogP contribution in [0.15, 0.2) is 81.3 Å². The van der Waals surface area contributed by atoms with Gasteiger partial charge in [-0.2, -0.15) is 5.26 Å². The quantitative estimate of drug-likeness (QED) is 0.296. The molecule has 30 heavy (non-hydrogen) atoms. The zero-order chi connectivity index (χ0) is 20.9. The number of rotatable bonds is 6. The van der Waals surface area contributed by atoms with Crippen molar-refractivity contribution in [2.75, 3.05) is 6.54 Å². The Bertz CT molecular complexity index is 1260. The summed E-state index contributed by atoms with van der Waals surface area (Å²) < 4.78 is 6.76. The molecule has 0 bridgehead atoms. The SMILES string of the molecule is N#C/C(=C\c1ccc(-c2ccc(Br)cc2)o1)C(=O)NCCc1c[nH]c2ccccc12. The van der Waals surface area contributed by atoms with E-state index in [2.05, 4.69) is 26.2 Å². The van der Waals surface area contributed by atoms with E-state index in [0.717, 1.165) is 26.5 Å². The van der Waals surface area contributed by atoms with E-state index in [4.69, 9.17) is 4.42 Å². The van der Waals surface area contributed by atoms with Crippen molar-refractivity contribution < 1.29 is 9.21 Å². The lowest BCUT2D eigenvalue weighted by Gasteiger charge is -2.03. The topological polar surface area (TPSA) is 81.8 Å². The maximum absolute atomic E-state index is 12.4. The molecule has 0 saturated carbocycles. The average molecular weight is 460 g/mol. The van der Waals surface area contributed by atoms with Crippen molar-refractivity contribution in [2.24, 2.45) is 0 Å². The van der Waals surface area contributed by atoms with Crippen LogP contribution in [0.3, 0.4) is 0 Å². The van der Waals surface area contributed by atoms with Gasteiger partial charge in [0.15, 0.2) is 0 Å². The first-order valence-electron chi connectivity index (χ1n) is 9.45. The van der Waals surface area contributed by atoms with Gasteiger partial charge in [0.2, 0.25) is 0 Å². The van der Waals surface area contributed by atoms with Crippen molar-refractivity contribution in [3.63, 3.8) is 0 Å². The Morgan fingerprint density at radius 2 is 1.93 bits per heavy atom. The van der Waals surface area contributed by atoms with Crippen LogP contribution in [0.5, 0.6) is 0 Å². The lowest BCUT2D eigenvalue weighted by molar-refractivity contribution is -0.117. The minimum atomic E-state index is -0.418. The number of halogens is 1. The van der Waals surface area contributed by atoms with Gasteiger partial charge >= 0.3 is 0 Å². The summed E-state index contributed by atoms with van der Waals surface area (Å²) in [5.41, 5.74) is 3.11. The van der Waals surface area contributed by atoms with Crippen molar-refractivity contribution in [3.05, 3.63) is 88.2 Å². The first-order chi connectivity index (χ1) is 14.6. The molecule has 4 rings (SSSR count). The minimum absolute atomic E-state index is 0.00522. The molecule has 148 valence electrons. The first-order valence-corrected chi connectivity index (χ1v) is 10.2. The molecule has 0 unspecified atom stereocenters. The van der Waals surface area contributed by atoms with Crippen molar-refractivity contribution in [2.45, 2.75) is 6.42 Å². The molecule has 2 heterocycles. The standard InChI is InChI=1S/C24H18BrN3O2/c25-19-7-5-16(6-8-19)23-10-9-20(30-23)13-18(14-26)24(29)27-12-11-17-15-28-22-4-2-1-3-21(17)22/h1-10,13,15,28H,11-12H2,(H,27,29)/b18-13+. The fourth-order valence-electron chi connectivity index (χ4n) is 3.23. The number of nitrogens with one attached hydrogen (secondary N) is 2. The van der Waals surface area contributed by atoms with Crippen LogP contribution in [0.4, 0.5) is 0 Å². The van der Waals surface area contributed by atoms with Crippen LogP contribution in [-0.2, 0) is 11.2 Å². The number of benzene rings is 2. The van der Waals surface area contributed by atoms with Gasteiger partial charge in [-0.15, -0.1) is 0 Å². The third kappa shape index (κ3) is 4.37. The summed E-state index contributed by atoms with van der Waals surface area (Å²) in [5, 5.41) is 13.4. The second-order valence-corrected chi connectivity index (χ2v) is 7.66. The van der Waals surface area contributed by atoms with Gasteiger partial charge in [-0.3, -0.25) is 4.79 Å². The molecule has 0 saturated heterocycles. The van der Waals surface area contributed by atoms with Gasteiger partial charge in [-0.1, -0.05) is 46.3 Å². The molecule has 0 radical (unpaired) electrons. The monoisotopic (exact) mass is 459 g/mol. The third-order valence-electron chi connectivity index (χ3n) is 4.76. The van der Waals surface area contributed by atoms with Crippen LogP contribution in [-0.4, -0.2) is 17.4 Å². The van der Waals surface area contributed by atoms with Gasteiger partial charge in [-0.05, 0) is 42.3 Å². The number of carbonyl (C=O) groups excluding carboxylic acids is 1. The fourth-order valence-corrected chi connectivity index (χ4v) is 3.50. The number of carbonyl (C=O) groups is 1. The average Bonchev–Trinajstić information content (AvgIpc) is 3.40. The molecule has 0 aliphatic heterocycles. The van der Waals surface area contributed by atoms with E-state index in [1.807, 2.05) is 66.9 Å². The Balaban J connectivity index is 1.41.